The summed E-state index contributed by atoms with van der Waals surface area (Å²) >= 11 is 0. The lowest BCUT2D eigenvalue weighted by Crippen LogP contribution is -2.24. The summed E-state index contributed by atoms with van der Waals surface area (Å²) in [7, 11) is -3.86. The normalized spacial score (nSPS) is 11.0. The van der Waals surface area contributed by atoms with Crippen LogP contribution in [0.15, 0.2) is 83.8 Å². The summed E-state index contributed by atoms with van der Waals surface area (Å²) in [4.78, 5) is 24.0. The number of halogens is 1. The van der Waals surface area contributed by atoms with Gasteiger partial charge in [0.2, 0.25) is 10.0 Å². The van der Waals surface area contributed by atoms with Gasteiger partial charge in [-0.1, -0.05) is 42.5 Å². The number of anilines is 1. The molecule has 3 aromatic carbocycles. The van der Waals surface area contributed by atoms with E-state index in [1.165, 1.54) is 42.5 Å². The molecule has 3 rings (SSSR count). The van der Waals surface area contributed by atoms with Crippen LogP contribution < -0.4 is 10.0 Å². The van der Waals surface area contributed by atoms with Gasteiger partial charge in [-0.05, 0) is 42.0 Å². The van der Waals surface area contributed by atoms with E-state index in [4.69, 9.17) is 4.74 Å². The van der Waals surface area contributed by atoms with Gasteiger partial charge in [-0.3, -0.25) is 4.79 Å². The minimum Gasteiger partial charge on any atom is -0.452 e. The van der Waals surface area contributed by atoms with Crippen molar-refractivity contribution in [1.29, 1.82) is 0 Å². The zero-order valence-electron chi connectivity index (χ0n) is 16.2. The lowest BCUT2D eigenvalue weighted by Gasteiger charge is -2.09. The van der Waals surface area contributed by atoms with Crippen molar-refractivity contribution >= 4 is 27.6 Å². The molecule has 7 nitrogen and oxygen atoms in total. The topological polar surface area (TPSA) is 102 Å². The predicted octanol–water partition coefficient (Wildman–Crippen LogP) is 3.10. The van der Waals surface area contributed by atoms with Crippen molar-refractivity contribution in [2.75, 3.05) is 11.9 Å². The Hall–Kier alpha value is -3.56. The first-order valence-corrected chi connectivity index (χ1v) is 10.7. The lowest BCUT2D eigenvalue weighted by atomic mass is 10.2. The molecule has 0 aliphatic heterocycles. The first-order chi connectivity index (χ1) is 14.8. The van der Waals surface area contributed by atoms with E-state index in [2.05, 4.69) is 10.0 Å². The number of ether oxygens (including phenoxy) is 1. The van der Waals surface area contributed by atoms with Gasteiger partial charge < -0.3 is 10.1 Å². The highest BCUT2D eigenvalue weighted by Crippen LogP contribution is 2.14. The molecule has 0 saturated carbocycles. The maximum absolute atomic E-state index is 13.1. The summed E-state index contributed by atoms with van der Waals surface area (Å²) < 4.78 is 45.6. The number of sulfonamides is 1. The molecule has 3 aromatic rings. The molecule has 1 amide bonds. The van der Waals surface area contributed by atoms with E-state index < -0.39 is 34.3 Å². The van der Waals surface area contributed by atoms with Gasteiger partial charge in [0, 0.05) is 12.2 Å². The molecule has 0 heterocycles. The average Bonchev–Trinajstić information content (AvgIpc) is 2.77. The summed E-state index contributed by atoms with van der Waals surface area (Å²) in [6.07, 6.45) is 0. The highest BCUT2D eigenvalue weighted by atomic mass is 32.2. The molecule has 0 radical (unpaired) electrons. The Kier molecular flexibility index (Phi) is 7.11. The summed E-state index contributed by atoms with van der Waals surface area (Å²) in [6.45, 7) is -0.517. The molecule has 31 heavy (non-hydrogen) atoms. The number of carbonyl (C=O) groups is 2. The van der Waals surface area contributed by atoms with E-state index in [0.29, 0.717) is 0 Å². The third-order valence-corrected chi connectivity index (χ3v) is 5.53. The van der Waals surface area contributed by atoms with Crippen LogP contribution in [0.2, 0.25) is 0 Å². The maximum Gasteiger partial charge on any atom is 0.338 e. The highest BCUT2D eigenvalue weighted by Gasteiger charge is 2.17. The second-order valence-electron chi connectivity index (χ2n) is 6.47. The van der Waals surface area contributed by atoms with Crippen LogP contribution in [-0.4, -0.2) is 26.9 Å². The van der Waals surface area contributed by atoms with E-state index in [1.54, 1.807) is 24.3 Å². The number of rotatable bonds is 8. The number of amides is 1. The van der Waals surface area contributed by atoms with Gasteiger partial charge in [-0.25, -0.2) is 22.3 Å². The number of carbonyl (C=O) groups excluding carboxylic acids is 2. The minimum atomic E-state index is -3.86. The van der Waals surface area contributed by atoms with Crippen LogP contribution in [0.3, 0.4) is 0 Å². The fourth-order valence-corrected chi connectivity index (χ4v) is 3.69. The molecule has 160 valence electrons. The molecule has 0 atom stereocenters. The molecule has 9 heteroatoms. The molecule has 0 spiro atoms. The Morgan fingerprint density at radius 2 is 1.65 bits per heavy atom. The van der Waals surface area contributed by atoms with Crippen molar-refractivity contribution in [3.05, 3.63) is 95.8 Å². The molecule has 2 N–H and O–H groups in total. The first-order valence-electron chi connectivity index (χ1n) is 9.20. The Balaban J connectivity index is 1.59. The van der Waals surface area contributed by atoms with Crippen LogP contribution in [0.5, 0.6) is 0 Å². The van der Waals surface area contributed by atoms with Gasteiger partial charge in [0.05, 0.1) is 10.5 Å². The van der Waals surface area contributed by atoms with Gasteiger partial charge in [0.15, 0.2) is 6.61 Å². The van der Waals surface area contributed by atoms with E-state index >= 15 is 0 Å². The average molecular weight is 442 g/mol. The van der Waals surface area contributed by atoms with Crippen LogP contribution in [0.4, 0.5) is 10.1 Å². The van der Waals surface area contributed by atoms with Crippen LogP contribution in [0.25, 0.3) is 0 Å². The monoisotopic (exact) mass is 442 g/mol. The summed E-state index contributed by atoms with van der Waals surface area (Å²) in [5.41, 5.74) is 0.978. The third kappa shape index (κ3) is 6.46. The highest BCUT2D eigenvalue weighted by molar-refractivity contribution is 7.89. The number of esters is 1. The lowest BCUT2D eigenvalue weighted by molar-refractivity contribution is -0.119. The summed E-state index contributed by atoms with van der Waals surface area (Å²) in [5.74, 6) is -2.05. The molecular weight excluding hydrogens is 423 g/mol. The zero-order valence-corrected chi connectivity index (χ0v) is 17.1. The fourth-order valence-electron chi connectivity index (χ4n) is 2.63. The van der Waals surface area contributed by atoms with Crippen molar-refractivity contribution in [2.45, 2.75) is 11.4 Å². The van der Waals surface area contributed by atoms with Gasteiger partial charge in [0.25, 0.3) is 5.91 Å². The molecule has 0 bridgehead atoms. The van der Waals surface area contributed by atoms with Gasteiger partial charge in [-0.2, -0.15) is 0 Å². The molecular formula is C22H19FN2O5S. The maximum atomic E-state index is 13.1. The number of hydrogen-bond acceptors (Lipinski definition) is 5. The van der Waals surface area contributed by atoms with Crippen LogP contribution in [0.1, 0.15) is 15.9 Å². The van der Waals surface area contributed by atoms with E-state index in [0.717, 1.165) is 11.6 Å². The third-order valence-electron chi connectivity index (χ3n) is 4.13. The predicted molar refractivity (Wildman–Crippen MR) is 112 cm³/mol. The van der Waals surface area contributed by atoms with E-state index in [-0.39, 0.29) is 22.7 Å². The largest absolute Gasteiger partial charge is 0.452 e. The van der Waals surface area contributed by atoms with Crippen LogP contribution in [0, 0.1) is 5.82 Å². The zero-order chi connectivity index (χ0) is 22.3. The summed E-state index contributed by atoms with van der Waals surface area (Å²) in [6, 6.07) is 19.5. The fraction of sp³-hybridized carbons (Fsp3) is 0.0909. The molecule has 0 aromatic heterocycles. The van der Waals surface area contributed by atoms with E-state index in [1.807, 2.05) is 6.07 Å². The van der Waals surface area contributed by atoms with E-state index in [9.17, 15) is 22.4 Å². The summed E-state index contributed by atoms with van der Waals surface area (Å²) in [5, 5.41) is 2.40. The molecule has 0 unspecified atom stereocenters. The SMILES string of the molecule is O=C(COC(=O)c1cccc(S(=O)(=O)NCc2ccccc2)c1)Nc1cccc(F)c1. The van der Waals surface area contributed by atoms with Gasteiger partial charge in [-0.15, -0.1) is 0 Å². The number of nitrogens with one attached hydrogen (secondary N) is 2. The van der Waals surface area contributed by atoms with Crippen molar-refractivity contribution in [3.63, 3.8) is 0 Å². The van der Waals surface area contributed by atoms with Gasteiger partial charge in [0.1, 0.15) is 5.82 Å². The first kappa shape index (κ1) is 22.1. The Labute approximate surface area is 178 Å². The van der Waals surface area contributed by atoms with Crippen molar-refractivity contribution in [1.82, 2.24) is 4.72 Å². The second-order valence-corrected chi connectivity index (χ2v) is 8.24. The Bertz CT molecular complexity index is 1180. The van der Waals surface area contributed by atoms with Crippen molar-refractivity contribution < 1.29 is 27.1 Å². The number of hydrogen-bond donors (Lipinski definition) is 2. The minimum absolute atomic E-state index is 0.0267. The van der Waals surface area contributed by atoms with Crippen molar-refractivity contribution in [3.8, 4) is 0 Å². The van der Waals surface area contributed by atoms with Gasteiger partial charge >= 0.3 is 5.97 Å². The molecule has 0 aliphatic rings. The molecule has 0 saturated heterocycles. The van der Waals surface area contributed by atoms with Crippen LogP contribution in [-0.2, 0) is 26.1 Å². The quantitative estimate of drug-likeness (QED) is 0.522. The standard InChI is InChI=1S/C22H19FN2O5S/c23-18-9-5-10-19(13-18)25-21(26)15-30-22(27)17-8-4-11-20(12-17)31(28,29)24-14-16-6-2-1-3-7-16/h1-13,24H,14-15H2,(H,25,26). The Morgan fingerprint density at radius 3 is 2.39 bits per heavy atom. The second kappa shape index (κ2) is 9.96. The smallest absolute Gasteiger partial charge is 0.338 e. The van der Waals surface area contributed by atoms with Crippen LogP contribution >= 0.6 is 0 Å². The number of benzene rings is 3. The molecule has 0 aliphatic carbocycles. The van der Waals surface area contributed by atoms with Crippen molar-refractivity contribution in [2.24, 2.45) is 0 Å². The molecule has 0 fully saturated rings. The Morgan fingerprint density at radius 1 is 0.903 bits per heavy atom.